The van der Waals surface area contributed by atoms with E-state index in [4.69, 9.17) is 0 Å². The van der Waals surface area contributed by atoms with Crippen LogP contribution >= 0.6 is 12.4 Å². The second-order valence-electron chi connectivity index (χ2n) is 5.49. The summed E-state index contributed by atoms with van der Waals surface area (Å²) >= 11 is 0. The predicted octanol–water partition coefficient (Wildman–Crippen LogP) is 2.76. The van der Waals surface area contributed by atoms with Crippen molar-refractivity contribution in [2.24, 2.45) is 5.92 Å². The van der Waals surface area contributed by atoms with E-state index in [0.29, 0.717) is 6.04 Å². The van der Waals surface area contributed by atoms with Gasteiger partial charge >= 0.3 is 0 Å². The molecule has 0 radical (unpaired) electrons. The molecule has 1 aliphatic heterocycles. The van der Waals surface area contributed by atoms with Crippen molar-refractivity contribution in [2.45, 2.75) is 39.3 Å². The molecule has 0 spiro atoms. The van der Waals surface area contributed by atoms with Gasteiger partial charge in [0.2, 0.25) is 0 Å². The number of halogens is 1. The van der Waals surface area contributed by atoms with Crippen molar-refractivity contribution in [2.75, 3.05) is 13.1 Å². The number of rotatable bonds is 5. The van der Waals surface area contributed by atoms with E-state index in [9.17, 15) is 0 Å². The first-order valence-electron chi connectivity index (χ1n) is 6.76. The molecule has 0 unspecified atom stereocenters. The standard InChI is InChI=1S/C15H24N2.ClH/c1-12(2)9-13-3-5-14(6-4-13)10-17-15-7-8-16-11-15;/h3-6,12,15-17H,7-11H2,1-2H3;1H/t15-;/m1./s1. The number of hydrogen-bond acceptors (Lipinski definition) is 2. The van der Waals surface area contributed by atoms with Gasteiger partial charge in [0.15, 0.2) is 0 Å². The SMILES string of the molecule is CC(C)Cc1ccc(CN[C@@H]2CCNC2)cc1.Cl. The molecular formula is C15H25ClN2. The van der Waals surface area contributed by atoms with Crippen LogP contribution in [0.15, 0.2) is 24.3 Å². The van der Waals surface area contributed by atoms with Gasteiger partial charge in [0.05, 0.1) is 0 Å². The molecule has 0 bridgehead atoms. The van der Waals surface area contributed by atoms with Gasteiger partial charge in [0.25, 0.3) is 0 Å². The molecule has 0 aliphatic carbocycles. The van der Waals surface area contributed by atoms with E-state index in [2.05, 4.69) is 48.7 Å². The Balaban J connectivity index is 0.00000162. The Hall–Kier alpha value is -0.570. The molecule has 1 fully saturated rings. The maximum absolute atomic E-state index is 3.60. The van der Waals surface area contributed by atoms with Gasteiger partial charge in [-0.05, 0) is 36.4 Å². The minimum absolute atomic E-state index is 0. The molecule has 3 heteroatoms. The highest BCUT2D eigenvalue weighted by Gasteiger charge is 2.12. The van der Waals surface area contributed by atoms with Crippen LogP contribution < -0.4 is 10.6 Å². The third-order valence-electron chi connectivity index (χ3n) is 3.32. The van der Waals surface area contributed by atoms with Crippen LogP contribution in [-0.2, 0) is 13.0 Å². The lowest BCUT2D eigenvalue weighted by atomic mass is 10.0. The molecule has 0 aromatic heterocycles. The van der Waals surface area contributed by atoms with Crippen molar-refractivity contribution in [3.05, 3.63) is 35.4 Å². The summed E-state index contributed by atoms with van der Waals surface area (Å²) in [5.41, 5.74) is 2.84. The maximum atomic E-state index is 3.60. The van der Waals surface area contributed by atoms with E-state index < -0.39 is 0 Å². The Morgan fingerprint density at radius 2 is 1.89 bits per heavy atom. The third kappa shape index (κ3) is 4.97. The van der Waals surface area contributed by atoms with Gasteiger partial charge in [-0.15, -0.1) is 12.4 Å². The number of hydrogen-bond donors (Lipinski definition) is 2. The molecule has 1 saturated heterocycles. The fourth-order valence-corrected chi connectivity index (χ4v) is 2.36. The van der Waals surface area contributed by atoms with Gasteiger partial charge in [-0.3, -0.25) is 0 Å². The Morgan fingerprint density at radius 3 is 2.44 bits per heavy atom. The van der Waals surface area contributed by atoms with E-state index in [0.717, 1.165) is 25.6 Å². The molecule has 1 aromatic carbocycles. The van der Waals surface area contributed by atoms with Gasteiger partial charge in [0.1, 0.15) is 0 Å². The second kappa shape index (κ2) is 7.78. The van der Waals surface area contributed by atoms with E-state index in [1.807, 2.05) is 0 Å². The first kappa shape index (κ1) is 15.5. The Kier molecular flexibility index (Phi) is 6.69. The van der Waals surface area contributed by atoms with Crippen LogP contribution in [0.3, 0.4) is 0 Å². The normalized spacial score (nSPS) is 18.9. The average molecular weight is 269 g/mol. The van der Waals surface area contributed by atoms with Gasteiger partial charge in [-0.25, -0.2) is 0 Å². The van der Waals surface area contributed by atoms with Crippen LogP contribution in [0.5, 0.6) is 0 Å². The van der Waals surface area contributed by atoms with Crippen molar-refractivity contribution in [3.8, 4) is 0 Å². The number of benzene rings is 1. The summed E-state index contributed by atoms with van der Waals surface area (Å²) in [5.74, 6) is 0.739. The van der Waals surface area contributed by atoms with Gasteiger partial charge < -0.3 is 10.6 Å². The van der Waals surface area contributed by atoms with Crippen molar-refractivity contribution >= 4 is 12.4 Å². The van der Waals surface area contributed by atoms with Crippen molar-refractivity contribution in [1.29, 1.82) is 0 Å². The summed E-state index contributed by atoms with van der Waals surface area (Å²) in [4.78, 5) is 0. The topological polar surface area (TPSA) is 24.1 Å². The summed E-state index contributed by atoms with van der Waals surface area (Å²) in [6.45, 7) is 7.80. The Labute approximate surface area is 117 Å². The molecule has 0 amide bonds. The minimum Gasteiger partial charge on any atom is -0.315 e. The molecule has 0 saturated carbocycles. The summed E-state index contributed by atoms with van der Waals surface area (Å²) in [6, 6.07) is 9.71. The monoisotopic (exact) mass is 268 g/mol. The summed E-state index contributed by atoms with van der Waals surface area (Å²) in [5, 5.41) is 6.97. The van der Waals surface area contributed by atoms with Crippen molar-refractivity contribution in [3.63, 3.8) is 0 Å². The van der Waals surface area contributed by atoms with Crippen LogP contribution in [0.25, 0.3) is 0 Å². The van der Waals surface area contributed by atoms with Crippen LogP contribution in [0.2, 0.25) is 0 Å². The first-order chi connectivity index (χ1) is 8.24. The smallest absolute Gasteiger partial charge is 0.0208 e. The second-order valence-corrected chi connectivity index (χ2v) is 5.49. The van der Waals surface area contributed by atoms with E-state index in [1.54, 1.807) is 0 Å². The number of nitrogens with one attached hydrogen (secondary N) is 2. The molecular weight excluding hydrogens is 244 g/mol. The molecule has 1 heterocycles. The zero-order valence-electron chi connectivity index (χ0n) is 11.4. The first-order valence-corrected chi connectivity index (χ1v) is 6.76. The summed E-state index contributed by atoms with van der Waals surface area (Å²) < 4.78 is 0. The van der Waals surface area contributed by atoms with Crippen LogP contribution in [-0.4, -0.2) is 19.1 Å². The molecule has 1 aliphatic rings. The molecule has 1 atom stereocenters. The van der Waals surface area contributed by atoms with Gasteiger partial charge in [-0.2, -0.15) is 0 Å². The van der Waals surface area contributed by atoms with Crippen molar-refractivity contribution < 1.29 is 0 Å². The lowest BCUT2D eigenvalue weighted by molar-refractivity contribution is 0.547. The largest absolute Gasteiger partial charge is 0.315 e. The quantitative estimate of drug-likeness (QED) is 0.858. The minimum atomic E-state index is 0. The van der Waals surface area contributed by atoms with E-state index >= 15 is 0 Å². The van der Waals surface area contributed by atoms with Crippen LogP contribution in [0.1, 0.15) is 31.4 Å². The fraction of sp³-hybridized carbons (Fsp3) is 0.600. The summed E-state index contributed by atoms with van der Waals surface area (Å²) in [6.07, 6.45) is 2.44. The highest BCUT2D eigenvalue weighted by atomic mass is 35.5. The third-order valence-corrected chi connectivity index (χ3v) is 3.32. The highest BCUT2D eigenvalue weighted by Crippen LogP contribution is 2.10. The lowest BCUT2D eigenvalue weighted by Gasteiger charge is -2.11. The van der Waals surface area contributed by atoms with Gasteiger partial charge in [0, 0.05) is 19.1 Å². The fourth-order valence-electron chi connectivity index (χ4n) is 2.36. The predicted molar refractivity (Wildman–Crippen MR) is 80.3 cm³/mol. The van der Waals surface area contributed by atoms with Crippen molar-refractivity contribution in [1.82, 2.24) is 10.6 Å². The van der Waals surface area contributed by atoms with E-state index in [1.165, 1.54) is 24.0 Å². The zero-order valence-corrected chi connectivity index (χ0v) is 12.2. The molecule has 18 heavy (non-hydrogen) atoms. The Bertz CT molecular complexity index is 329. The maximum Gasteiger partial charge on any atom is 0.0208 e. The van der Waals surface area contributed by atoms with Gasteiger partial charge in [-0.1, -0.05) is 38.1 Å². The lowest BCUT2D eigenvalue weighted by Crippen LogP contribution is -2.30. The molecule has 2 rings (SSSR count). The molecule has 2 N–H and O–H groups in total. The highest BCUT2D eigenvalue weighted by molar-refractivity contribution is 5.85. The van der Waals surface area contributed by atoms with Crippen LogP contribution in [0.4, 0.5) is 0 Å². The molecule has 2 nitrogen and oxygen atoms in total. The average Bonchev–Trinajstić information content (AvgIpc) is 2.80. The zero-order chi connectivity index (χ0) is 12.1. The molecule has 102 valence electrons. The van der Waals surface area contributed by atoms with Crippen LogP contribution in [0, 0.1) is 5.92 Å². The summed E-state index contributed by atoms with van der Waals surface area (Å²) in [7, 11) is 0. The Morgan fingerprint density at radius 1 is 1.22 bits per heavy atom. The molecule has 1 aromatic rings. The van der Waals surface area contributed by atoms with E-state index in [-0.39, 0.29) is 12.4 Å².